The van der Waals surface area contributed by atoms with Crippen LogP contribution >= 0.6 is 11.3 Å². The van der Waals surface area contributed by atoms with Crippen molar-refractivity contribution in [3.8, 4) is 0 Å². The van der Waals surface area contributed by atoms with E-state index >= 15 is 0 Å². The number of aryl methyl sites for hydroxylation is 2. The van der Waals surface area contributed by atoms with Crippen LogP contribution < -0.4 is 5.32 Å². The molecule has 0 aromatic carbocycles. The number of aromatic nitrogens is 3. The van der Waals surface area contributed by atoms with Crippen LogP contribution in [0.3, 0.4) is 0 Å². The Hall–Kier alpha value is -1.89. The van der Waals surface area contributed by atoms with Crippen LogP contribution in [0.4, 0.5) is 4.79 Å². The number of thiazole rings is 1. The fourth-order valence-electron chi connectivity index (χ4n) is 2.31. The van der Waals surface area contributed by atoms with Crippen molar-refractivity contribution in [2.75, 3.05) is 13.6 Å². The van der Waals surface area contributed by atoms with Gasteiger partial charge in [0.25, 0.3) is 0 Å². The molecule has 2 heterocycles. The summed E-state index contributed by atoms with van der Waals surface area (Å²) in [5.41, 5.74) is 3.92. The number of hydrogen-bond donors (Lipinski definition) is 1. The van der Waals surface area contributed by atoms with Gasteiger partial charge in [-0.05, 0) is 19.4 Å². The van der Waals surface area contributed by atoms with Gasteiger partial charge in [-0.1, -0.05) is 6.92 Å². The lowest BCUT2D eigenvalue weighted by molar-refractivity contribution is 0.204. The molecule has 120 valence electrons. The molecule has 1 atom stereocenters. The van der Waals surface area contributed by atoms with Crippen LogP contribution in [0.2, 0.25) is 0 Å². The number of nitrogens with zero attached hydrogens (tertiary/aromatic N) is 4. The molecule has 6 nitrogen and oxygen atoms in total. The van der Waals surface area contributed by atoms with Gasteiger partial charge in [0.05, 0.1) is 22.9 Å². The highest BCUT2D eigenvalue weighted by Gasteiger charge is 2.18. The standard InChI is InChI=1S/C15H23N5OS/c1-5-12(13-6-8-17-20(13)4)18-15(21)19(3)9-7-14-11(2)16-10-22-14/h6,8,10,12H,5,7,9H2,1-4H3,(H,18,21)/t12-/m0/s1. The minimum atomic E-state index is -0.0600. The van der Waals surface area contributed by atoms with Crippen LogP contribution in [0.5, 0.6) is 0 Å². The first-order valence-corrected chi connectivity index (χ1v) is 8.29. The smallest absolute Gasteiger partial charge is 0.317 e. The molecule has 0 fully saturated rings. The van der Waals surface area contributed by atoms with E-state index in [9.17, 15) is 4.79 Å². The second-order valence-corrected chi connectivity index (χ2v) is 6.26. The molecule has 0 radical (unpaired) electrons. The summed E-state index contributed by atoms with van der Waals surface area (Å²) in [6.45, 7) is 4.73. The summed E-state index contributed by atoms with van der Waals surface area (Å²) in [4.78, 5) is 19.5. The summed E-state index contributed by atoms with van der Waals surface area (Å²) in [5.74, 6) is 0. The van der Waals surface area contributed by atoms with E-state index in [-0.39, 0.29) is 12.1 Å². The highest BCUT2D eigenvalue weighted by molar-refractivity contribution is 7.09. The van der Waals surface area contributed by atoms with Gasteiger partial charge in [0.1, 0.15) is 0 Å². The van der Waals surface area contributed by atoms with E-state index in [2.05, 4.69) is 22.3 Å². The number of nitrogens with one attached hydrogen (secondary N) is 1. The quantitative estimate of drug-likeness (QED) is 0.889. The molecule has 2 amide bonds. The van der Waals surface area contributed by atoms with Gasteiger partial charge in [-0.2, -0.15) is 5.10 Å². The highest BCUT2D eigenvalue weighted by Crippen LogP contribution is 2.16. The summed E-state index contributed by atoms with van der Waals surface area (Å²) in [6, 6.07) is 1.86. The first-order valence-electron chi connectivity index (χ1n) is 7.41. The molecule has 1 N–H and O–H groups in total. The molecule has 0 bridgehead atoms. The molecule has 2 aromatic heterocycles. The van der Waals surface area contributed by atoms with Gasteiger partial charge >= 0.3 is 6.03 Å². The molecule has 22 heavy (non-hydrogen) atoms. The second kappa shape index (κ2) is 7.40. The molecule has 0 aliphatic carbocycles. The zero-order valence-electron chi connectivity index (χ0n) is 13.5. The van der Waals surface area contributed by atoms with E-state index in [1.54, 1.807) is 27.1 Å². The fraction of sp³-hybridized carbons (Fsp3) is 0.533. The Morgan fingerprint density at radius 2 is 2.32 bits per heavy atom. The van der Waals surface area contributed by atoms with E-state index in [4.69, 9.17) is 0 Å². The Morgan fingerprint density at radius 1 is 1.55 bits per heavy atom. The summed E-state index contributed by atoms with van der Waals surface area (Å²) in [6.07, 6.45) is 3.41. The van der Waals surface area contributed by atoms with Crippen LogP contribution in [0, 0.1) is 6.92 Å². The number of rotatable bonds is 6. The Bertz CT molecular complexity index is 621. The number of amides is 2. The lowest BCUT2D eigenvalue weighted by Crippen LogP contribution is -2.40. The normalized spacial score (nSPS) is 12.2. The Morgan fingerprint density at radius 3 is 2.86 bits per heavy atom. The molecule has 2 rings (SSSR count). The van der Waals surface area contributed by atoms with E-state index < -0.39 is 0 Å². The first kappa shape index (κ1) is 16.5. The SMILES string of the molecule is CC[C@H](NC(=O)N(C)CCc1scnc1C)c1ccnn1C. The number of carbonyl (C=O) groups is 1. The summed E-state index contributed by atoms with van der Waals surface area (Å²) >= 11 is 1.64. The maximum atomic E-state index is 12.3. The molecule has 2 aromatic rings. The predicted molar refractivity (Wildman–Crippen MR) is 88.0 cm³/mol. The minimum Gasteiger partial charge on any atom is -0.330 e. The molecule has 0 saturated carbocycles. The molecule has 0 saturated heterocycles. The monoisotopic (exact) mass is 321 g/mol. The lowest BCUT2D eigenvalue weighted by Gasteiger charge is -2.23. The van der Waals surface area contributed by atoms with E-state index in [1.807, 2.05) is 32.6 Å². The zero-order valence-corrected chi connectivity index (χ0v) is 14.4. The van der Waals surface area contributed by atoms with E-state index in [1.165, 1.54) is 4.88 Å². The van der Waals surface area contributed by atoms with Gasteiger partial charge in [0.15, 0.2) is 0 Å². The topological polar surface area (TPSA) is 63.1 Å². The van der Waals surface area contributed by atoms with Crippen LogP contribution in [0.1, 0.15) is 35.7 Å². The van der Waals surface area contributed by atoms with Crippen molar-refractivity contribution in [1.82, 2.24) is 25.0 Å². The van der Waals surface area contributed by atoms with Gasteiger partial charge < -0.3 is 10.2 Å². The summed E-state index contributed by atoms with van der Waals surface area (Å²) in [7, 11) is 3.71. The third-order valence-electron chi connectivity index (χ3n) is 3.79. The molecular formula is C15H23N5OS. The van der Waals surface area contributed by atoms with Crippen LogP contribution in [0.15, 0.2) is 17.8 Å². The van der Waals surface area contributed by atoms with E-state index in [0.717, 1.165) is 24.2 Å². The van der Waals surface area contributed by atoms with Crippen molar-refractivity contribution < 1.29 is 4.79 Å². The van der Waals surface area contributed by atoms with Gasteiger partial charge in [-0.3, -0.25) is 4.68 Å². The predicted octanol–water partition coefficient (Wildman–Crippen LogP) is 2.52. The fourth-order valence-corrected chi connectivity index (χ4v) is 3.08. The maximum Gasteiger partial charge on any atom is 0.317 e. The van der Waals surface area contributed by atoms with Crippen LogP contribution in [-0.4, -0.2) is 39.3 Å². The number of hydrogen-bond acceptors (Lipinski definition) is 4. The van der Waals surface area contributed by atoms with Crippen molar-refractivity contribution >= 4 is 17.4 Å². The molecule has 0 aliphatic rings. The van der Waals surface area contributed by atoms with Crippen molar-refractivity contribution in [2.45, 2.75) is 32.7 Å². The average Bonchev–Trinajstić information content (AvgIpc) is 3.10. The minimum absolute atomic E-state index is 0.0207. The van der Waals surface area contributed by atoms with Crippen molar-refractivity contribution in [3.63, 3.8) is 0 Å². The Labute approximate surface area is 135 Å². The summed E-state index contributed by atoms with van der Waals surface area (Å²) < 4.78 is 1.80. The van der Waals surface area contributed by atoms with Crippen molar-refractivity contribution in [2.24, 2.45) is 7.05 Å². The zero-order chi connectivity index (χ0) is 16.1. The Balaban J connectivity index is 1.90. The van der Waals surface area contributed by atoms with Crippen molar-refractivity contribution in [1.29, 1.82) is 0 Å². The lowest BCUT2D eigenvalue weighted by atomic mass is 10.1. The number of urea groups is 1. The molecule has 0 unspecified atom stereocenters. The average molecular weight is 321 g/mol. The third-order valence-corrected chi connectivity index (χ3v) is 4.78. The van der Waals surface area contributed by atoms with Crippen LogP contribution in [-0.2, 0) is 13.5 Å². The van der Waals surface area contributed by atoms with Gasteiger partial charge in [0, 0.05) is 38.1 Å². The second-order valence-electron chi connectivity index (χ2n) is 5.32. The molecule has 0 spiro atoms. The summed E-state index contributed by atoms with van der Waals surface area (Å²) in [5, 5.41) is 7.23. The van der Waals surface area contributed by atoms with Crippen molar-refractivity contribution in [3.05, 3.63) is 34.0 Å². The molecule has 7 heteroatoms. The van der Waals surface area contributed by atoms with Gasteiger partial charge in [-0.15, -0.1) is 11.3 Å². The molecule has 0 aliphatic heterocycles. The Kier molecular flexibility index (Phi) is 5.54. The number of carbonyl (C=O) groups excluding carboxylic acids is 1. The van der Waals surface area contributed by atoms with E-state index in [0.29, 0.717) is 6.54 Å². The number of likely N-dealkylation sites (N-methyl/N-ethyl adjacent to an activating group) is 1. The molecular weight excluding hydrogens is 298 g/mol. The maximum absolute atomic E-state index is 12.3. The first-order chi connectivity index (χ1) is 10.5. The largest absolute Gasteiger partial charge is 0.330 e. The highest BCUT2D eigenvalue weighted by atomic mass is 32.1. The van der Waals surface area contributed by atoms with Gasteiger partial charge in [-0.25, -0.2) is 9.78 Å². The van der Waals surface area contributed by atoms with Crippen LogP contribution in [0.25, 0.3) is 0 Å². The third kappa shape index (κ3) is 3.85. The van der Waals surface area contributed by atoms with Gasteiger partial charge in [0.2, 0.25) is 0 Å².